The number of rotatable bonds is 8. The molecule has 144 valence electrons. The van der Waals surface area contributed by atoms with Crippen molar-refractivity contribution in [3.05, 3.63) is 72.4 Å². The standard InChI is InChI=1S/C21H23N5O2/c1-3-28-19-7-5-4-6-17(19)25-21(27)18-14-20(24-15-23-18)26(2)13-10-16-8-11-22-12-9-16/h4-9,11-12,14-15H,3,10,13H2,1-2H3,(H,25,27). The van der Waals surface area contributed by atoms with Crippen LogP contribution in [-0.4, -0.2) is 41.1 Å². The van der Waals surface area contributed by atoms with Gasteiger partial charge in [0.25, 0.3) is 5.91 Å². The summed E-state index contributed by atoms with van der Waals surface area (Å²) < 4.78 is 5.55. The van der Waals surface area contributed by atoms with Gasteiger partial charge in [-0.05, 0) is 43.2 Å². The molecule has 2 heterocycles. The van der Waals surface area contributed by atoms with Crippen LogP contribution in [0.2, 0.25) is 0 Å². The Balaban J connectivity index is 1.67. The third-order valence-corrected chi connectivity index (χ3v) is 4.20. The predicted octanol–water partition coefficient (Wildman–Crippen LogP) is 3.20. The number of para-hydroxylation sites is 2. The predicted molar refractivity (Wildman–Crippen MR) is 109 cm³/mol. The maximum Gasteiger partial charge on any atom is 0.274 e. The molecule has 0 aliphatic heterocycles. The lowest BCUT2D eigenvalue weighted by Gasteiger charge is -2.18. The number of hydrogen-bond donors (Lipinski definition) is 1. The van der Waals surface area contributed by atoms with E-state index in [2.05, 4.69) is 20.3 Å². The highest BCUT2D eigenvalue weighted by Gasteiger charge is 2.13. The molecule has 0 fully saturated rings. The van der Waals surface area contributed by atoms with Crippen LogP contribution in [0.15, 0.2) is 61.2 Å². The van der Waals surface area contributed by atoms with Gasteiger partial charge in [-0.2, -0.15) is 0 Å². The minimum absolute atomic E-state index is 0.298. The van der Waals surface area contributed by atoms with Gasteiger partial charge in [0.15, 0.2) is 0 Å². The molecule has 0 spiro atoms. The zero-order valence-corrected chi connectivity index (χ0v) is 16.0. The molecule has 0 aliphatic rings. The van der Waals surface area contributed by atoms with Crippen molar-refractivity contribution in [3.8, 4) is 5.75 Å². The lowest BCUT2D eigenvalue weighted by Crippen LogP contribution is -2.23. The highest BCUT2D eigenvalue weighted by atomic mass is 16.5. The van der Waals surface area contributed by atoms with Gasteiger partial charge in [-0.1, -0.05) is 12.1 Å². The fourth-order valence-electron chi connectivity index (χ4n) is 2.68. The van der Waals surface area contributed by atoms with Gasteiger partial charge in [-0.15, -0.1) is 0 Å². The molecule has 2 aromatic heterocycles. The van der Waals surface area contributed by atoms with Crippen LogP contribution in [0.1, 0.15) is 23.0 Å². The number of nitrogens with one attached hydrogen (secondary N) is 1. The van der Waals surface area contributed by atoms with Crippen molar-refractivity contribution in [3.63, 3.8) is 0 Å². The number of aromatic nitrogens is 3. The number of carbonyl (C=O) groups is 1. The van der Waals surface area contributed by atoms with Crippen LogP contribution in [0.3, 0.4) is 0 Å². The van der Waals surface area contributed by atoms with Gasteiger partial charge in [0.05, 0.1) is 12.3 Å². The number of ether oxygens (including phenoxy) is 1. The molecule has 0 saturated carbocycles. The maximum absolute atomic E-state index is 12.6. The molecule has 3 rings (SSSR count). The van der Waals surface area contributed by atoms with Gasteiger partial charge in [0.1, 0.15) is 23.6 Å². The van der Waals surface area contributed by atoms with E-state index < -0.39 is 0 Å². The van der Waals surface area contributed by atoms with Crippen LogP contribution in [0, 0.1) is 0 Å². The first-order chi connectivity index (χ1) is 13.7. The highest BCUT2D eigenvalue weighted by Crippen LogP contribution is 2.24. The largest absolute Gasteiger partial charge is 0.492 e. The van der Waals surface area contributed by atoms with Crippen molar-refractivity contribution < 1.29 is 9.53 Å². The summed E-state index contributed by atoms with van der Waals surface area (Å²) in [5.41, 5.74) is 2.11. The third-order valence-electron chi connectivity index (χ3n) is 4.20. The summed E-state index contributed by atoms with van der Waals surface area (Å²) >= 11 is 0. The lowest BCUT2D eigenvalue weighted by atomic mass is 10.2. The van der Waals surface area contributed by atoms with Crippen molar-refractivity contribution in [1.82, 2.24) is 15.0 Å². The van der Waals surface area contributed by atoms with E-state index in [-0.39, 0.29) is 5.91 Å². The number of anilines is 2. The number of benzene rings is 1. The lowest BCUT2D eigenvalue weighted by molar-refractivity contribution is 0.102. The fraction of sp³-hybridized carbons (Fsp3) is 0.238. The van der Waals surface area contributed by atoms with E-state index in [0.717, 1.165) is 13.0 Å². The van der Waals surface area contributed by atoms with Crippen LogP contribution in [0.25, 0.3) is 0 Å². The molecule has 0 bridgehead atoms. The zero-order valence-electron chi connectivity index (χ0n) is 16.0. The number of hydrogen-bond acceptors (Lipinski definition) is 6. The summed E-state index contributed by atoms with van der Waals surface area (Å²) in [7, 11) is 1.94. The Kier molecular flexibility index (Phi) is 6.51. The molecule has 1 N–H and O–H groups in total. The van der Waals surface area contributed by atoms with Crippen LogP contribution in [-0.2, 0) is 6.42 Å². The Bertz CT molecular complexity index is 917. The average Bonchev–Trinajstić information content (AvgIpc) is 2.74. The van der Waals surface area contributed by atoms with E-state index in [1.807, 2.05) is 49.2 Å². The molecule has 3 aromatic rings. The van der Waals surface area contributed by atoms with Crippen molar-refractivity contribution in [2.45, 2.75) is 13.3 Å². The minimum Gasteiger partial charge on any atom is -0.492 e. The van der Waals surface area contributed by atoms with Gasteiger partial charge >= 0.3 is 0 Å². The Hall–Kier alpha value is -3.48. The zero-order chi connectivity index (χ0) is 19.8. The molecule has 0 unspecified atom stereocenters. The number of likely N-dealkylation sites (N-methyl/N-ethyl adjacent to an activating group) is 1. The summed E-state index contributed by atoms with van der Waals surface area (Å²) in [6.07, 6.45) is 5.82. The third kappa shape index (κ3) is 5.03. The molecular formula is C21H23N5O2. The van der Waals surface area contributed by atoms with Crippen molar-refractivity contribution in [1.29, 1.82) is 0 Å². The van der Waals surface area contributed by atoms with E-state index in [0.29, 0.717) is 29.6 Å². The molecule has 7 nitrogen and oxygen atoms in total. The Morgan fingerprint density at radius 1 is 1.14 bits per heavy atom. The van der Waals surface area contributed by atoms with Crippen molar-refractivity contribution >= 4 is 17.4 Å². The van der Waals surface area contributed by atoms with Crippen LogP contribution < -0.4 is 15.0 Å². The molecule has 0 saturated heterocycles. The summed E-state index contributed by atoms with van der Waals surface area (Å²) in [5, 5.41) is 2.86. The highest BCUT2D eigenvalue weighted by molar-refractivity contribution is 6.04. The SMILES string of the molecule is CCOc1ccccc1NC(=O)c1cc(N(C)CCc2ccncc2)ncn1. The van der Waals surface area contributed by atoms with Gasteiger partial charge in [-0.25, -0.2) is 9.97 Å². The minimum atomic E-state index is -0.307. The first-order valence-electron chi connectivity index (χ1n) is 9.12. The molecule has 0 aliphatic carbocycles. The van der Waals surface area contributed by atoms with Crippen molar-refractivity contribution in [2.24, 2.45) is 0 Å². The van der Waals surface area contributed by atoms with E-state index >= 15 is 0 Å². The number of amides is 1. The van der Waals surface area contributed by atoms with Crippen LogP contribution >= 0.6 is 0 Å². The number of nitrogens with zero attached hydrogens (tertiary/aromatic N) is 4. The van der Waals surface area contributed by atoms with E-state index in [4.69, 9.17) is 4.74 Å². The average molecular weight is 377 g/mol. The monoisotopic (exact) mass is 377 g/mol. The fourth-order valence-corrected chi connectivity index (χ4v) is 2.68. The smallest absolute Gasteiger partial charge is 0.274 e. The normalized spacial score (nSPS) is 10.4. The number of pyridine rings is 1. The topological polar surface area (TPSA) is 80.2 Å². The number of carbonyl (C=O) groups excluding carboxylic acids is 1. The quantitative estimate of drug-likeness (QED) is 0.649. The Morgan fingerprint density at radius 2 is 1.93 bits per heavy atom. The van der Waals surface area contributed by atoms with Gasteiger partial charge in [0.2, 0.25) is 0 Å². The maximum atomic E-state index is 12.6. The Morgan fingerprint density at radius 3 is 2.71 bits per heavy atom. The summed E-state index contributed by atoms with van der Waals surface area (Å²) in [6, 6.07) is 13.0. The van der Waals surface area contributed by atoms with E-state index in [1.54, 1.807) is 24.5 Å². The molecule has 0 radical (unpaired) electrons. The summed E-state index contributed by atoms with van der Waals surface area (Å²) in [6.45, 7) is 3.18. The summed E-state index contributed by atoms with van der Waals surface area (Å²) in [5.74, 6) is 1.01. The van der Waals surface area contributed by atoms with Gasteiger partial charge in [-0.3, -0.25) is 9.78 Å². The second kappa shape index (κ2) is 9.45. The first-order valence-corrected chi connectivity index (χ1v) is 9.12. The van der Waals surface area contributed by atoms with Crippen molar-refractivity contribution in [2.75, 3.05) is 30.4 Å². The second-order valence-corrected chi connectivity index (χ2v) is 6.17. The van der Waals surface area contributed by atoms with E-state index in [1.165, 1.54) is 11.9 Å². The Labute approximate surface area is 164 Å². The second-order valence-electron chi connectivity index (χ2n) is 6.17. The molecule has 1 aromatic carbocycles. The summed E-state index contributed by atoms with van der Waals surface area (Å²) in [4.78, 5) is 27.1. The van der Waals surface area contributed by atoms with Crippen LogP contribution in [0.5, 0.6) is 5.75 Å². The molecule has 7 heteroatoms. The molecule has 0 atom stereocenters. The van der Waals surface area contributed by atoms with Gasteiger partial charge < -0.3 is 15.0 Å². The molecule has 28 heavy (non-hydrogen) atoms. The first kappa shape index (κ1) is 19.3. The molecular weight excluding hydrogens is 354 g/mol. The van der Waals surface area contributed by atoms with Gasteiger partial charge in [0, 0.05) is 32.1 Å². The molecule has 1 amide bonds. The van der Waals surface area contributed by atoms with Crippen LogP contribution in [0.4, 0.5) is 11.5 Å². The van der Waals surface area contributed by atoms with E-state index in [9.17, 15) is 4.79 Å².